The van der Waals surface area contributed by atoms with E-state index in [-0.39, 0.29) is 0 Å². The van der Waals surface area contributed by atoms with E-state index in [1.54, 1.807) is 0 Å². The Kier molecular flexibility index (Phi) is 7.38. The van der Waals surface area contributed by atoms with Gasteiger partial charge < -0.3 is 5.11 Å². The molecule has 0 aliphatic carbocycles. The van der Waals surface area contributed by atoms with Gasteiger partial charge in [-0.05, 0) is 18.4 Å². The molecule has 0 heterocycles. The van der Waals surface area contributed by atoms with Crippen molar-refractivity contribution >= 4 is 11.6 Å². The van der Waals surface area contributed by atoms with Gasteiger partial charge >= 0.3 is 0 Å². The summed E-state index contributed by atoms with van der Waals surface area (Å²) in [5.41, 5.74) is 0.260. The van der Waals surface area contributed by atoms with Gasteiger partial charge in [0.1, 0.15) is 0 Å². The molecule has 0 aliphatic heterocycles. The van der Waals surface area contributed by atoms with E-state index < -0.39 is 5.60 Å². The monoisotopic (exact) mass is 268 g/mol. The highest BCUT2D eigenvalue weighted by atomic mass is 35.5. The lowest BCUT2D eigenvalue weighted by Crippen LogP contribution is -2.26. The van der Waals surface area contributed by atoms with Gasteiger partial charge in [-0.3, -0.25) is 0 Å². The zero-order valence-electron chi connectivity index (χ0n) is 11.4. The van der Waals surface area contributed by atoms with Crippen LogP contribution in [0.15, 0.2) is 30.3 Å². The molecule has 0 saturated heterocycles. The van der Waals surface area contributed by atoms with Gasteiger partial charge in [0.05, 0.1) is 5.60 Å². The molecule has 1 nitrogen and oxygen atoms in total. The van der Waals surface area contributed by atoms with Crippen LogP contribution in [0.3, 0.4) is 0 Å². The van der Waals surface area contributed by atoms with Crippen molar-refractivity contribution in [2.45, 2.75) is 57.5 Å². The molecule has 102 valence electrons. The molecule has 0 bridgehead atoms. The first-order chi connectivity index (χ1) is 8.73. The summed E-state index contributed by atoms with van der Waals surface area (Å²) in [7, 11) is 0. The van der Waals surface area contributed by atoms with Gasteiger partial charge in [-0.15, -0.1) is 11.6 Å². The van der Waals surface area contributed by atoms with Crippen molar-refractivity contribution in [3.8, 4) is 0 Å². The quantitative estimate of drug-likeness (QED) is 0.501. The number of unbranched alkanes of at least 4 members (excludes halogenated alkanes) is 4. The number of hydrogen-bond donors (Lipinski definition) is 1. The van der Waals surface area contributed by atoms with Crippen molar-refractivity contribution in [1.29, 1.82) is 0 Å². The zero-order chi connectivity index (χ0) is 13.3. The summed E-state index contributed by atoms with van der Waals surface area (Å²) in [6.07, 6.45) is 7.53. The van der Waals surface area contributed by atoms with E-state index >= 15 is 0 Å². The molecule has 18 heavy (non-hydrogen) atoms. The molecular weight excluding hydrogens is 244 g/mol. The number of benzene rings is 1. The predicted molar refractivity (Wildman–Crippen MR) is 79.1 cm³/mol. The molecule has 0 amide bonds. The van der Waals surface area contributed by atoms with Gasteiger partial charge in [0, 0.05) is 5.88 Å². The van der Waals surface area contributed by atoms with Crippen LogP contribution in [0.25, 0.3) is 0 Å². The van der Waals surface area contributed by atoms with Crippen LogP contribution in [0.2, 0.25) is 0 Å². The van der Waals surface area contributed by atoms with Gasteiger partial charge in [-0.1, -0.05) is 69.4 Å². The van der Waals surface area contributed by atoms with E-state index in [2.05, 4.69) is 6.92 Å². The summed E-state index contributed by atoms with van der Waals surface area (Å²) >= 11 is 5.84. The van der Waals surface area contributed by atoms with Crippen LogP contribution in [0.1, 0.15) is 57.4 Å². The van der Waals surface area contributed by atoms with Crippen molar-refractivity contribution in [2.24, 2.45) is 0 Å². The smallest absolute Gasteiger partial charge is 0.0907 e. The fourth-order valence-corrected chi connectivity index (χ4v) is 2.65. The van der Waals surface area contributed by atoms with E-state index in [1.165, 1.54) is 25.7 Å². The Morgan fingerprint density at radius 1 is 1.00 bits per heavy atom. The second-order valence-corrected chi connectivity index (χ2v) is 5.38. The number of aliphatic hydroxyl groups is 1. The highest BCUT2D eigenvalue weighted by molar-refractivity contribution is 6.17. The highest BCUT2D eigenvalue weighted by Gasteiger charge is 2.27. The molecule has 1 unspecified atom stereocenters. The summed E-state index contributed by atoms with van der Waals surface area (Å²) < 4.78 is 0. The largest absolute Gasteiger partial charge is 0.385 e. The maximum atomic E-state index is 10.8. The van der Waals surface area contributed by atoms with E-state index in [0.717, 1.165) is 18.4 Å². The lowest BCUT2D eigenvalue weighted by Gasteiger charge is -2.28. The second kappa shape index (κ2) is 8.55. The van der Waals surface area contributed by atoms with Crippen molar-refractivity contribution in [2.75, 3.05) is 5.88 Å². The molecule has 2 heteroatoms. The summed E-state index contributed by atoms with van der Waals surface area (Å²) in [4.78, 5) is 0. The lowest BCUT2D eigenvalue weighted by atomic mass is 9.86. The Balaban J connectivity index is 2.52. The van der Waals surface area contributed by atoms with E-state index in [9.17, 15) is 5.11 Å². The first-order valence-electron chi connectivity index (χ1n) is 7.07. The Morgan fingerprint density at radius 2 is 1.67 bits per heavy atom. The molecular formula is C16H25ClO. The third kappa shape index (κ3) is 4.99. The molecule has 0 fully saturated rings. The van der Waals surface area contributed by atoms with Crippen LogP contribution in [-0.4, -0.2) is 11.0 Å². The highest BCUT2D eigenvalue weighted by Crippen LogP contribution is 2.31. The Labute approximate surface area is 116 Å². The standard InChI is InChI=1S/C16H25ClO/c1-2-3-4-5-9-12-16(18,13-14-17)15-10-7-6-8-11-15/h6-8,10-11,18H,2-5,9,12-14H2,1H3. The van der Waals surface area contributed by atoms with Crippen molar-refractivity contribution in [3.05, 3.63) is 35.9 Å². The summed E-state index contributed by atoms with van der Waals surface area (Å²) in [5, 5.41) is 10.8. The topological polar surface area (TPSA) is 20.2 Å². The van der Waals surface area contributed by atoms with Gasteiger partial charge in [0.25, 0.3) is 0 Å². The first-order valence-corrected chi connectivity index (χ1v) is 7.60. The van der Waals surface area contributed by atoms with E-state index in [4.69, 9.17) is 11.6 Å². The Bertz CT molecular complexity index is 312. The van der Waals surface area contributed by atoms with Crippen LogP contribution < -0.4 is 0 Å². The van der Waals surface area contributed by atoms with Crippen molar-refractivity contribution < 1.29 is 5.11 Å². The van der Waals surface area contributed by atoms with Crippen LogP contribution in [0.4, 0.5) is 0 Å². The van der Waals surface area contributed by atoms with Gasteiger partial charge in [-0.25, -0.2) is 0 Å². The summed E-state index contributed by atoms with van der Waals surface area (Å²) in [6.45, 7) is 2.22. The predicted octanol–water partition coefficient (Wildman–Crippen LogP) is 4.86. The fraction of sp³-hybridized carbons (Fsp3) is 0.625. The molecule has 1 N–H and O–H groups in total. The molecule has 1 aromatic rings. The minimum absolute atomic E-state index is 0.500. The zero-order valence-corrected chi connectivity index (χ0v) is 12.1. The average Bonchev–Trinajstić information content (AvgIpc) is 2.40. The summed E-state index contributed by atoms with van der Waals surface area (Å²) in [5.74, 6) is 0.500. The maximum Gasteiger partial charge on any atom is 0.0907 e. The molecule has 0 spiro atoms. The van der Waals surface area contributed by atoms with Crippen molar-refractivity contribution in [1.82, 2.24) is 0 Å². The minimum atomic E-state index is -0.741. The number of alkyl halides is 1. The summed E-state index contributed by atoms with van der Waals surface area (Å²) in [6, 6.07) is 9.93. The van der Waals surface area contributed by atoms with Gasteiger partial charge in [0.2, 0.25) is 0 Å². The molecule has 0 radical (unpaired) electrons. The number of hydrogen-bond acceptors (Lipinski definition) is 1. The maximum absolute atomic E-state index is 10.8. The second-order valence-electron chi connectivity index (χ2n) is 5.00. The molecule has 0 aliphatic rings. The first kappa shape index (κ1) is 15.5. The SMILES string of the molecule is CCCCCCCC(O)(CCCl)c1ccccc1. The average molecular weight is 269 g/mol. The van der Waals surface area contributed by atoms with E-state index in [0.29, 0.717) is 12.3 Å². The third-order valence-corrected chi connectivity index (χ3v) is 3.70. The third-order valence-electron chi connectivity index (χ3n) is 3.51. The van der Waals surface area contributed by atoms with Gasteiger partial charge in [0.15, 0.2) is 0 Å². The Morgan fingerprint density at radius 3 is 2.28 bits per heavy atom. The molecule has 1 atom stereocenters. The fourth-order valence-electron chi connectivity index (χ4n) is 2.34. The molecule has 1 aromatic carbocycles. The van der Waals surface area contributed by atoms with Gasteiger partial charge in [-0.2, -0.15) is 0 Å². The molecule has 0 saturated carbocycles. The molecule has 1 rings (SSSR count). The van der Waals surface area contributed by atoms with Crippen LogP contribution >= 0.6 is 11.6 Å². The number of halogens is 1. The minimum Gasteiger partial charge on any atom is -0.385 e. The van der Waals surface area contributed by atoms with E-state index in [1.807, 2.05) is 30.3 Å². The lowest BCUT2D eigenvalue weighted by molar-refractivity contribution is 0.0216. The normalized spacial score (nSPS) is 14.4. The van der Waals surface area contributed by atoms with Crippen molar-refractivity contribution in [3.63, 3.8) is 0 Å². The molecule has 0 aromatic heterocycles. The van der Waals surface area contributed by atoms with Crippen LogP contribution in [-0.2, 0) is 5.60 Å². The Hall–Kier alpha value is -0.530. The van der Waals surface area contributed by atoms with Crippen LogP contribution in [0.5, 0.6) is 0 Å². The van der Waals surface area contributed by atoms with Crippen LogP contribution in [0, 0.1) is 0 Å². The number of rotatable bonds is 9.